The molecule has 2 unspecified atom stereocenters. The van der Waals surface area contributed by atoms with E-state index in [1.54, 1.807) is 0 Å². The van der Waals surface area contributed by atoms with Gasteiger partial charge in [0, 0.05) is 19.3 Å². The fourth-order valence-electron chi connectivity index (χ4n) is 8.46. The Hall–Kier alpha value is -1.59. The highest BCUT2D eigenvalue weighted by Crippen LogP contribution is 2.19. The van der Waals surface area contributed by atoms with E-state index in [0.717, 1.165) is 69.6 Å². The fraction of sp³-hybridized carbons (Fsp3) is 0.946. The van der Waals surface area contributed by atoms with Crippen molar-refractivity contribution >= 4 is 17.9 Å². The first-order chi connectivity index (χ1) is 30.3. The molecule has 0 aromatic carbocycles. The predicted molar refractivity (Wildman–Crippen MR) is 266 cm³/mol. The van der Waals surface area contributed by atoms with E-state index in [1.807, 2.05) is 0 Å². The summed E-state index contributed by atoms with van der Waals surface area (Å²) in [7, 11) is 0. The molecule has 0 amide bonds. The smallest absolute Gasteiger partial charge is 0.306 e. The van der Waals surface area contributed by atoms with E-state index < -0.39 is 6.10 Å². The van der Waals surface area contributed by atoms with Crippen LogP contribution < -0.4 is 0 Å². The van der Waals surface area contributed by atoms with Crippen molar-refractivity contribution < 1.29 is 28.6 Å². The molecule has 6 heteroatoms. The van der Waals surface area contributed by atoms with E-state index in [-0.39, 0.29) is 31.1 Å². The maximum Gasteiger partial charge on any atom is 0.306 e. The second-order valence-electron chi connectivity index (χ2n) is 19.7. The van der Waals surface area contributed by atoms with E-state index >= 15 is 0 Å². The summed E-state index contributed by atoms with van der Waals surface area (Å²) in [5.41, 5.74) is 0. The minimum Gasteiger partial charge on any atom is -0.462 e. The molecular weight excluding hydrogens is 769 g/mol. The Morgan fingerprint density at radius 3 is 0.839 bits per heavy atom. The molecule has 0 spiro atoms. The van der Waals surface area contributed by atoms with Gasteiger partial charge in [-0.1, -0.05) is 272 Å². The molecule has 62 heavy (non-hydrogen) atoms. The quantitative estimate of drug-likeness (QED) is 0.0344. The van der Waals surface area contributed by atoms with Crippen molar-refractivity contribution in [2.24, 2.45) is 11.8 Å². The molecule has 0 heterocycles. The number of hydrogen-bond donors (Lipinski definition) is 0. The molecule has 0 aromatic rings. The lowest BCUT2D eigenvalue weighted by molar-refractivity contribution is -0.167. The van der Waals surface area contributed by atoms with E-state index in [9.17, 15) is 14.4 Å². The highest BCUT2D eigenvalue weighted by molar-refractivity contribution is 5.71. The number of hydrogen-bond acceptors (Lipinski definition) is 6. The number of rotatable bonds is 50. The second kappa shape index (κ2) is 48.9. The van der Waals surface area contributed by atoms with Gasteiger partial charge in [-0.05, 0) is 31.1 Å². The Labute approximate surface area is 387 Å². The van der Waals surface area contributed by atoms with Crippen LogP contribution in [0.5, 0.6) is 0 Å². The largest absolute Gasteiger partial charge is 0.462 e. The summed E-state index contributed by atoms with van der Waals surface area (Å²) in [5.74, 6) is 0.900. The first kappa shape index (κ1) is 60.4. The Kier molecular flexibility index (Phi) is 47.6. The van der Waals surface area contributed by atoms with Gasteiger partial charge >= 0.3 is 17.9 Å². The zero-order valence-electron chi connectivity index (χ0n) is 42.5. The maximum atomic E-state index is 12.8. The van der Waals surface area contributed by atoms with Gasteiger partial charge in [-0.25, -0.2) is 0 Å². The molecule has 0 saturated heterocycles. The van der Waals surface area contributed by atoms with Gasteiger partial charge in [0.15, 0.2) is 6.10 Å². The average Bonchev–Trinajstić information content (AvgIpc) is 3.27. The molecule has 0 radical (unpaired) electrons. The van der Waals surface area contributed by atoms with Crippen LogP contribution in [0.1, 0.15) is 311 Å². The third-order valence-electron chi connectivity index (χ3n) is 13.4. The zero-order chi connectivity index (χ0) is 45.4. The topological polar surface area (TPSA) is 78.9 Å². The molecule has 0 N–H and O–H groups in total. The van der Waals surface area contributed by atoms with Crippen LogP contribution in [0.3, 0.4) is 0 Å². The van der Waals surface area contributed by atoms with Crippen molar-refractivity contribution in [3.63, 3.8) is 0 Å². The zero-order valence-corrected chi connectivity index (χ0v) is 42.5. The highest BCUT2D eigenvalue weighted by Gasteiger charge is 2.19. The van der Waals surface area contributed by atoms with Gasteiger partial charge in [0.1, 0.15) is 13.2 Å². The van der Waals surface area contributed by atoms with Gasteiger partial charge < -0.3 is 14.2 Å². The summed E-state index contributed by atoms with van der Waals surface area (Å²) >= 11 is 0. The lowest BCUT2D eigenvalue weighted by Crippen LogP contribution is -2.30. The second-order valence-corrected chi connectivity index (χ2v) is 19.7. The lowest BCUT2D eigenvalue weighted by atomic mass is 9.99. The molecule has 0 bridgehead atoms. The summed E-state index contributed by atoms with van der Waals surface area (Å²) in [4.78, 5) is 38.0. The van der Waals surface area contributed by atoms with Gasteiger partial charge in [-0.3, -0.25) is 14.4 Å². The van der Waals surface area contributed by atoms with Gasteiger partial charge in [-0.15, -0.1) is 0 Å². The van der Waals surface area contributed by atoms with E-state index in [0.29, 0.717) is 19.3 Å². The van der Waals surface area contributed by atoms with Crippen LogP contribution >= 0.6 is 0 Å². The summed E-state index contributed by atoms with van der Waals surface area (Å²) in [5, 5.41) is 0. The van der Waals surface area contributed by atoms with Gasteiger partial charge in [-0.2, -0.15) is 0 Å². The number of carbonyl (C=O) groups excluding carboxylic acids is 3. The molecule has 6 nitrogen and oxygen atoms in total. The van der Waals surface area contributed by atoms with Crippen molar-refractivity contribution in [2.45, 2.75) is 317 Å². The fourth-order valence-corrected chi connectivity index (χ4v) is 8.46. The molecule has 0 saturated carbocycles. The first-order valence-corrected chi connectivity index (χ1v) is 27.8. The van der Waals surface area contributed by atoms with Crippen molar-refractivity contribution in [3.8, 4) is 0 Å². The van der Waals surface area contributed by atoms with Crippen LogP contribution in [0, 0.1) is 11.8 Å². The Balaban J connectivity index is 4.29. The van der Waals surface area contributed by atoms with Crippen LogP contribution in [-0.4, -0.2) is 37.2 Å². The minimum atomic E-state index is -0.762. The summed E-state index contributed by atoms with van der Waals surface area (Å²) in [6.07, 6.45) is 50.8. The third kappa shape index (κ3) is 46.4. The monoisotopic (exact) mass is 877 g/mol. The third-order valence-corrected chi connectivity index (χ3v) is 13.4. The van der Waals surface area contributed by atoms with Crippen molar-refractivity contribution in [2.75, 3.05) is 13.2 Å². The molecule has 0 rings (SSSR count). The molecule has 368 valence electrons. The SMILES string of the molecule is CCCCCCCCCCCCCCCCC(=O)O[C@H](COC(=O)CCCCCCCCCCCCCCCCC(C)CC)COC(=O)CCCCCCCCCCC(C)CC. The Morgan fingerprint density at radius 2 is 0.565 bits per heavy atom. The first-order valence-electron chi connectivity index (χ1n) is 27.8. The number of unbranched alkanes of at least 4 members (excludes halogenated alkanes) is 33. The van der Waals surface area contributed by atoms with Crippen LogP contribution in [0.15, 0.2) is 0 Å². The Morgan fingerprint density at radius 1 is 0.323 bits per heavy atom. The summed E-state index contributed by atoms with van der Waals surface area (Å²) in [6, 6.07) is 0. The minimum absolute atomic E-state index is 0.0633. The number of carbonyl (C=O) groups is 3. The number of ether oxygens (including phenoxy) is 3. The average molecular weight is 877 g/mol. The van der Waals surface area contributed by atoms with E-state index in [1.165, 1.54) is 199 Å². The van der Waals surface area contributed by atoms with Gasteiger partial charge in [0.2, 0.25) is 0 Å². The molecule has 0 aromatic heterocycles. The molecule has 0 fully saturated rings. The normalized spacial score (nSPS) is 12.9. The molecule has 0 aliphatic carbocycles. The van der Waals surface area contributed by atoms with Crippen LogP contribution in [0.4, 0.5) is 0 Å². The summed E-state index contributed by atoms with van der Waals surface area (Å²) in [6.45, 7) is 11.4. The highest BCUT2D eigenvalue weighted by atomic mass is 16.6. The molecular formula is C56H108O6. The maximum absolute atomic E-state index is 12.8. The van der Waals surface area contributed by atoms with Crippen molar-refractivity contribution in [1.82, 2.24) is 0 Å². The summed E-state index contributed by atoms with van der Waals surface area (Å²) < 4.78 is 16.9. The van der Waals surface area contributed by atoms with Gasteiger partial charge in [0.25, 0.3) is 0 Å². The number of esters is 3. The predicted octanol–water partition coefficient (Wildman–Crippen LogP) is 18.1. The van der Waals surface area contributed by atoms with Crippen LogP contribution in [0.2, 0.25) is 0 Å². The standard InChI is InChI=1S/C56H108O6/c1-6-9-10-11-12-13-14-15-19-23-26-33-38-43-48-56(59)62-53(50-61-55(58)47-42-37-32-28-27-30-35-40-45-52(5)8-3)49-60-54(57)46-41-36-31-25-22-20-17-16-18-21-24-29-34-39-44-51(4)7-2/h51-53H,6-50H2,1-5H3/t51?,52?,53-/m1/s1. The van der Waals surface area contributed by atoms with E-state index in [4.69, 9.17) is 14.2 Å². The molecule has 3 atom stereocenters. The lowest BCUT2D eigenvalue weighted by Gasteiger charge is -2.18. The van der Waals surface area contributed by atoms with Crippen LogP contribution in [0.25, 0.3) is 0 Å². The molecule has 0 aliphatic rings. The van der Waals surface area contributed by atoms with Gasteiger partial charge in [0.05, 0.1) is 0 Å². The molecule has 0 aliphatic heterocycles. The van der Waals surface area contributed by atoms with E-state index in [2.05, 4.69) is 34.6 Å². The Bertz CT molecular complexity index is 951. The van der Waals surface area contributed by atoms with Crippen molar-refractivity contribution in [1.29, 1.82) is 0 Å². The van der Waals surface area contributed by atoms with Crippen molar-refractivity contribution in [3.05, 3.63) is 0 Å². The van der Waals surface area contributed by atoms with Crippen LogP contribution in [-0.2, 0) is 28.6 Å².